The second kappa shape index (κ2) is 5.18. The lowest BCUT2D eigenvalue weighted by Gasteiger charge is -2.02. The molecule has 0 aliphatic heterocycles. The summed E-state index contributed by atoms with van der Waals surface area (Å²) in [6.45, 7) is 0.154. The Balaban J connectivity index is 1.95. The van der Waals surface area contributed by atoms with E-state index in [2.05, 4.69) is 5.32 Å². The van der Waals surface area contributed by atoms with E-state index in [4.69, 9.17) is 9.52 Å². The maximum Gasteiger partial charge on any atom is 0.371 e. The van der Waals surface area contributed by atoms with Crippen molar-refractivity contribution < 1.29 is 19.1 Å². The molecule has 1 aromatic heterocycles. The first-order valence-electron chi connectivity index (χ1n) is 5.32. The third-order valence-electron chi connectivity index (χ3n) is 2.33. The Morgan fingerprint density at radius 2 is 1.83 bits per heavy atom. The van der Waals surface area contributed by atoms with Crippen LogP contribution in [0.15, 0.2) is 46.9 Å². The Kier molecular flexibility index (Phi) is 3.43. The predicted molar refractivity (Wildman–Crippen MR) is 63.3 cm³/mol. The van der Waals surface area contributed by atoms with Gasteiger partial charge in [0.1, 0.15) is 5.76 Å². The van der Waals surface area contributed by atoms with E-state index in [0.29, 0.717) is 11.3 Å². The van der Waals surface area contributed by atoms with Gasteiger partial charge in [0.25, 0.3) is 5.91 Å². The number of hydrogen-bond donors (Lipinski definition) is 2. The van der Waals surface area contributed by atoms with E-state index in [1.807, 2.05) is 6.07 Å². The maximum atomic E-state index is 11.7. The van der Waals surface area contributed by atoms with E-state index < -0.39 is 5.97 Å². The Morgan fingerprint density at radius 3 is 2.44 bits per heavy atom. The van der Waals surface area contributed by atoms with Crippen molar-refractivity contribution in [2.75, 3.05) is 0 Å². The molecule has 5 nitrogen and oxygen atoms in total. The summed E-state index contributed by atoms with van der Waals surface area (Å²) in [5, 5.41) is 11.3. The topological polar surface area (TPSA) is 79.5 Å². The molecule has 18 heavy (non-hydrogen) atoms. The van der Waals surface area contributed by atoms with Gasteiger partial charge in [-0.15, -0.1) is 0 Å². The largest absolute Gasteiger partial charge is 0.475 e. The van der Waals surface area contributed by atoms with Crippen molar-refractivity contribution in [1.29, 1.82) is 0 Å². The van der Waals surface area contributed by atoms with Gasteiger partial charge in [0, 0.05) is 5.56 Å². The highest BCUT2D eigenvalue weighted by Crippen LogP contribution is 2.08. The summed E-state index contributed by atoms with van der Waals surface area (Å²) in [6.07, 6.45) is 0. The van der Waals surface area contributed by atoms with Crippen LogP contribution in [0.25, 0.3) is 0 Å². The molecule has 0 spiro atoms. The van der Waals surface area contributed by atoms with Gasteiger partial charge in [-0.2, -0.15) is 0 Å². The molecule has 1 aromatic carbocycles. The van der Waals surface area contributed by atoms with Gasteiger partial charge >= 0.3 is 5.97 Å². The molecule has 0 bridgehead atoms. The van der Waals surface area contributed by atoms with Crippen LogP contribution in [0.3, 0.4) is 0 Å². The number of carbonyl (C=O) groups is 2. The smallest absolute Gasteiger partial charge is 0.371 e. The number of carbonyl (C=O) groups excluding carboxylic acids is 1. The van der Waals surface area contributed by atoms with Crippen molar-refractivity contribution in [2.45, 2.75) is 6.54 Å². The van der Waals surface area contributed by atoms with Gasteiger partial charge in [0.15, 0.2) is 0 Å². The number of furan rings is 1. The molecule has 0 saturated carbocycles. The van der Waals surface area contributed by atoms with Crippen molar-refractivity contribution in [3.05, 3.63) is 59.5 Å². The van der Waals surface area contributed by atoms with E-state index in [9.17, 15) is 9.59 Å². The van der Waals surface area contributed by atoms with E-state index in [1.54, 1.807) is 24.3 Å². The third kappa shape index (κ3) is 2.76. The first-order valence-corrected chi connectivity index (χ1v) is 5.32. The van der Waals surface area contributed by atoms with Crippen molar-refractivity contribution in [2.24, 2.45) is 0 Å². The molecule has 0 aliphatic carbocycles. The van der Waals surface area contributed by atoms with Crippen molar-refractivity contribution >= 4 is 11.9 Å². The molecular formula is C13H11NO4. The summed E-state index contributed by atoms with van der Waals surface area (Å²) in [5.41, 5.74) is 0.544. The number of benzene rings is 1. The van der Waals surface area contributed by atoms with Gasteiger partial charge in [0.2, 0.25) is 5.76 Å². The van der Waals surface area contributed by atoms with Gasteiger partial charge in [-0.3, -0.25) is 4.79 Å². The molecule has 0 aliphatic rings. The number of carboxylic acid groups (broad SMARTS) is 1. The highest BCUT2D eigenvalue weighted by Gasteiger charge is 2.10. The standard InChI is InChI=1S/C13H11NO4/c15-12(9-4-2-1-3-5-9)14-8-10-6-7-11(18-10)13(16)17/h1-7H,8H2,(H,14,15)(H,16,17). The molecule has 1 amide bonds. The normalized spacial score (nSPS) is 10.0. The first-order chi connectivity index (χ1) is 8.66. The number of carboxylic acids is 1. The number of aromatic carboxylic acids is 1. The number of rotatable bonds is 4. The number of amides is 1. The molecular weight excluding hydrogens is 234 g/mol. The highest BCUT2D eigenvalue weighted by atomic mass is 16.4. The predicted octanol–water partition coefficient (Wildman–Crippen LogP) is 1.91. The van der Waals surface area contributed by atoms with E-state index >= 15 is 0 Å². The summed E-state index contributed by atoms with van der Waals surface area (Å²) in [5.74, 6) is -1.10. The average molecular weight is 245 g/mol. The molecule has 1 heterocycles. The fourth-order valence-corrected chi connectivity index (χ4v) is 1.45. The maximum absolute atomic E-state index is 11.7. The minimum Gasteiger partial charge on any atom is -0.475 e. The SMILES string of the molecule is O=C(NCc1ccc(C(=O)O)o1)c1ccccc1. The molecule has 5 heteroatoms. The van der Waals surface area contributed by atoms with Crippen LogP contribution in [0.1, 0.15) is 26.7 Å². The van der Waals surface area contributed by atoms with Crippen LogP contribution in [0.5, 0.6) is 0 Å². The van der Waals surface area contributed by atoms with Gasteiger partial charge in [0.05, 0.1) is 6.54 Å². The number of nitrogens with one attached hydrogen (secondary N) is 1. The third-order valence-corrected chi connectivity index (χ3v) is 2.33. The zero-order chi connectivity index (χ0) is 13.0. The summed E-state index contributed by atoms with van der Waals surface area (Å²) >= 11 is 0. The molecule has 0 fully saturated rings. The minimum atomic E-state index is -1.13. The number of hydrogen-bond acceptors (Lipinski definition) is 3. The van der Waals surface area contributed by atoms with Crippen molar-refractivity contribution in [1.82, 2.24) is 5.32 Å². The molecule has 2 aromatic rings. The van der Waals surface area contributed by atoms with Crippen LogP contribution < -0.4 is 5.32 Å². The van der Waals surface area contributed by atoms with Crippen LogP contribution in [0, 0.1) is 0 Å². The molecule has 0 atom stereocenters. The van der Waals surface area contributed by atoms with E-state index in [0.717, 1.165) is 0 Å². The Hall–Kier alpha value is -2.56. The van der Waals surface area contributed by atoms with Crippen LogP contribution in [-0.4, -0.2) is 17.0 Å². The van der Waals surface area contributed by atoms with Crippen LogP contribution >= 0.6 is 0 Å². The monoisotopic (exact) mass is 245 g/mol. The quantitative estimate of drug-likeness (QED) is 0.862. The molecule has 92 valence electrons. The minimum absolute atomic E-state index is 0.140. The summed E-state index contributed by atoms with van der Waals surface area (Å²) < 4.78 is 5.02. The van der Waals surface area contributed by atoms with Crippen molar-refractivity contribution in [3.63, 3.8) is 0 Å². The Morgan fingerprint density at radius 1 is 1.11 bits per heavy atom. The van der Waals surface area contributed by atoms with Crippen molar-refractivity contribution in [3.8, 4) is 0 Å². The van der Waals surface area contributed by atoms with Crippen LogP contribution in [-0.2, 0) is 6.54 Å². The fourth-order valence-electron chi connectivity index (χ4n) is 1.45. The molecule has 0 saturated heterocycles. The van der Waals surface area contributed by atoms with Crippen LogP contribution in [0.4, 0.5) is 0 Å². The van der Waals surface area contributed by atoms with Gasteiger partial charge in [-0.25, -0.2) is 4.79 Å². The van der Waals surface area contributed by atoms with Gasteiger partial charge in [-0.1, -0.05) is 18.2 Å². The van der Waals surface area contributed by atoms with Gasteiger partial charge < -0.3 is 14.8 Å². The molecule has 2 rings (SSSR count). The lowest BCUT2D eigenvalue weighted by Crippen LogP contribution is -2.22. The van der Waals surface area contributed by atoms with E-state index in [1.165, 1.54) is 12.1 Å². The lowest BCUT2D eigenvalue weighted by atomic mass is 10.2. The first kappa shape index (κ1) is 11.9. The molecule has 2 N–H and O–H groups in total. The Labute approximate surface area is 103 Å². The molecule has 0 radical (unpaired) electrons. The molecule has 0 unspecified atom stereocenters. The average Bonchev–Trinajstić information content (AvgIpc) is 2.86. The zero-order valence-corrected chi connectivity index (χ0v) is 9.42. The lowest BCUT2D eigenvalue weighted by molar-refractivity contribution is 0.0660. The zero-order valence-electron chi connectivity index (χ0n) is 9.42. The summed E-state index contributed by atoms with van der Waals surface area (Å²) in [6, 6.07) is 11.6. The second-order valence-electron chi connectivity index (χ2n) is 3.62. The van der Waals surface area contributed by atoms with Gasteiger partial charge in [-0.05, 0) is 24.3 Å². The highest BCUT2D eigenvalue weighted by molar-refractivity contribution is 5.94. The summed E-state index contributed by atoms with van der Waals surface area (Å²) in [4.78, 5) is 22.3. The fraction of sp³-hybridized carbons (Fsp3) is 0.0769. The van der Waals surface area contributed by atoms with E-state index in [-0.39, 0.29) is 18.2 Å². The summed E-state index contributed by atoms with van der Waals surface area (Å²) in [7, 11) is 0. The Bertz CT molecular complexity index is 559. The van der Waals surface area contributed by atoms with Crippen LogP contribution in [0.2, 0.25) is 0 Å². The second-order valence-corrected chi connectivity index (χ2v) is 3.62.